The number of hydrogen-bond donors (Lipinski definition) is 2. The highest BCUT2D eigenvalue weighted by Crippen LogP contribution is 2.26. The molecule has 9 heteroatoms. The van der Waals surface area contributed by atoms with Crippen molar-refractivity contribution < 1.29 is 14.1 Å². The topological polar surface area (TPSA) is 107 Å². The Labute approximate surface area is 214 Å². The molecule has 186 valence electrons. The Bertz CT molecular complexity index is 1540. The molecule has 0 saturated carbocycles. The van der Waals surface area contributed by atoms with E-state index >= 15 is 0 Å². The molecule has 0 unspecified atom stereocenters. The van der Waals surface area contributed by atoms with E-state index in [1.807, 2.05) is 91.3 Å². The predicted molar refractivity (Wildman–Crippen MR) is 142 cm³/mol. The standard InChI is InChI=1S/C28H26N6O3/c1-18-5-4-6-21(13-18)26-32-27(37-33-26)24-16-34(17-29-24)15-20-8-10-22(11-9-20)30-28(35)31-23-14-19(2)7-12-25(23)36-3/h4-14,16-17H,15H2,1-3H3,(H2,30,31,35). The summed E-state index contributed by atoms with van der Waals surface area (Å²) in [6, 6.07) is 20.8. The van der Waals surface area contributed by atoms with Gasteiger partial charge < -0.3 is 24.5 Å². The van der Waals surface area contributed by atoms with Gasteiger partial charge in [-0.2, -0.15) is 4.98 Å². The number of carbonyl (C=O) groups excluding carboxylic acids is 1. The molecule has 0 saturated heterocycles. The molecule has 2 aromatic heterocycles. The molecule has 0 atom stereocenters. The predicted octanol–water partition coefficient (Wildman–Crippen LogP) is 5.92. The van der Waals surface area contributed by atoms with Gasteiger partial charge in [0.15, 0.2) is 0 Å². The number of amides is 2. The maximum Gasteiger partial charge on any atom is 0.323 e. The van der Waals surface area contributed by atoms with Gasteiger partial charge in [0.1, 0.15) is 11.4 Å². The first-order valence-electron chi connectivity index (χ1n) is 11.7. The van der Waals surface area contributed by atoms with E-state index in [9.17, 15) is 4.79 Å². The quantitative estimate of drug-likeness (QED) is 0.291. The van der Waals surface area contributed by atoms with E-state index in [2.05, 4.69) is 25.8 Å². The lowest BCUT2D eigenvalue weighted by Crippen LogP contribution is -2.19. The minimum absolute atomic E-state index is 0.347. The molecule has 2 N–H and O–H groups in total. The molecule has 0 bridgehead atoms. The van der Waals surface area contributed by atoms with Crippen LogP contribution >= 0.6 is 0 Å². The minimum atomic E-state index is -0.347. The number of ether oxygens (including phenoxy) is 1. The van der Waals surface area contributed by atoms with Crippen molar-refractivity contribution in [3.8, 4) is 28.7 Å². The van der Waals surface area contributed by atoms with Gasteiger partial charge in [-0.3, -0.25) is 0 Å². The third kappa shape index (κ3) is 5.67. The van der Waals surface area contributed by atoms with Crippen molar-refractivity contribution >= 4 is 17.4 Å². The highest BCUT2D eigenvalue weighted by molar-refractivity contribution is 6.00. The molecule has 37 heavy (non-hydrogen) atoms. The molecule has 2 heterocycles. The lowest BCUT2D eigenvalue weighted by atomic mass is 10.1. The molecule has 0 aliphatic carbocycles. The Morgan fingerprint density at radius 3 is 2.59 bits per heavy atom. The fourth-order valence-corrected chi connectivity index (χ4v) is 3.89. The van der Waals surface area contributed by atoms with Gasteiger partial charge in [0.2, 0.25) is 5.82 Å². The molecule has 5 aromatic rings. The molecule has 0 fully saturated rings. The number of hydrogen-bond acceptors (Lipinski definition) is 6. The van der Waals surface area contributed by atoms with E-state index < -0.39 is 0 Å². The fourth-order valence-electron chi connectivity index (χ4n) is 3.89. The summed E-state index contributed by atoms with van der Waals surface area (Å²) < 4.78 is 12.7. The lowest BCUT2D eigenvalue weighted by Gasteiger charge is -2.12. The Balaban J connectivity index is 1.20. The summed E-state index contributed by atoms with van der Waals surface area (Å²) in [6.45, 7) is 4.57. The van der Waals surface area contributed by atoms with E-state index in [0.717, 1.165) is 22.3 Å². The van der Waals surface area contributed by atoms with Crippen LogP contribution in [0.25, 0.3) is 23.0 Å². The Hall–Kier alpha value is -4.92. The number of anilines is 2. The van der Waals surface area contributed by atoms with E-state index in [-0.39, 0.29) is 6.03 Å². The van der Waals surface area contributed by atoms with E-state index in [0.29, 0.717) is 41.1 Å². The third-order valence-corrected chi connectivity index (χ3v) is 5.73. The summed E-state index contributed by atoms with van der Waals surface area (Å²) in [7, 11) is 1.57. The second-order valence-electron chi connectivity index (χ2n) is 8.70. The number of aromatic nitrogens is 4. The van der Waals surface area contributed by atoms with Crippen LogP contribution in [0.1, 0.15) is 16.7 Å². The molecule has 0 spiro atoms. The van der Waals surface area contributed by atoms with Crippen LogP contribution in [0.5, 0.6) is 5.75 Å². The highest BCUT2D eigenvalue weighted by atomic mass is 16.5. The van der Waals surface area contributed by atoms with Gasteiger partial charge in [0, 0.05) is 24.0 Å². The van der Waals surface area contributed by atoms with Crippen molar-refractivity contribution in [3.63, 3.8) is 0 Å². The SMILES string of the molecule is COc1ccc(C)cc1NC(=O)Nc1ccc(Cn2cnc(-c3nc(-c4cccc(C)c4)no3)c2)cc1. The lowest BCUT2D eigenvalue weighted by molar-refractivity contribution is 0.262. The average Bonchev–Trinajstić information content (AvgIpc) is 3.55. The van der Waals surface area contributed by atoms with Crippen LogP contribution in [0.4, 0.5) is 16.2 Å². The largest absolute Gasteiger partial charge is 0.495 e. The number of urea groups is 1. The van der Waals surface area contributed by atoms with Crippen molar-refractivity contribution in [1.29, 1.82) is 0 Å². The molecular formula is C28H26N6O3. The molecular weight excluding hydrogens is 468 g/mol. The smallest absolute Gasteiger partial charge is 0.323 e. The molecule has 2 amide bonds. The summed E-state index contributed by atoms with van der Waals surface area (Å²) in [5.41, 5.74) is 5.98. The number of rotatable bonds is 7. The van der Waals surface area contributed by atoms with E-state index in [4.69, 9.17) is 9.26 Å². The molecule has 5 rings (SSSR count). The summed E-state index contributed by atoms with van der Waals surface area (Å²) in [4.78, 5) is 21.4. The van der Waals surface area contributed by atoms with Crippen molar-refractivity contribution in [3.05, 3.63) is 95.9 Å². The van der Waals surface area contributed by atoms with Crippen molar-refractivity contribution in [2.75, 3.05) is 17.7 Å². The zero-order valence-electron chi connectivity index (χ0n) is 20.7. The summed E-state index contributed by atoms with van der Waals surface area (Å²) in [5, 5.41) is 9.76. The fraction of sp³-hybridized carbons (Fsp3) is 0.143. The first kappa shape index (κ1) is 23.8. The Kier molecular flexibility index (Phi) is 6.67. The van der Waals surface area contributed by atoms with E-state index in [1.165, 1.54) is 0 Å². The summed E-state index contributed by atoms with van der Waals surface area (Å²) in [6.07, 6.45) is 3.59. The number of imidazole rings is 1. The molecule has 0 aliphatic heterocycles. The maximum atomic E-state index is 12.5. The van der Waals surface area contributed by atoms with Crippen LogP contribution in [0.2, 0.25) is 0 Å². The van der Waals surface area contributed by atoms with Gasteiger partial charge in [0.25, 0.3) is 5.89 Å². The second-order valence-corrected chi connectivity index (χ2v) is 8.70. The first-order chi connectivity index (χ1) is 18.0. The van der Waals surface area contributed by atoms with Crippen LogP contribution in [0, 0.1) is 13.8 Å². The number of benzene rings is 3. The van der Waals surface area contributed by atoms with Crippen molar-refractivity contribution in [2.24, 2.45) is 0 Å². The van der Waals surface area contributed by atoms with Crippen LogP contribution in [-0.2, 0) is 6.54 Å². The zero-order chi connectivity index (χ0) is 25.8. The first-order valence-corrected chi connectivity index (χ1v) is 11.7. The number of carbonyl (C=O) groups is 1. The highest BCUT2D eigenvalue weighted by Gasteiger charge is 2.14. The molecule has 0 aliphatic rings. The molecule has 9 nitrogen and oxygen atoms in total. The van der Waals surface area contributed by atoms with Gasteiger partial charge in [0.05, 0.1) is 19.1 Å². The summed E-state index contributed by atoms with van der Waals surface area (Å²) in [5.74, 6) is 1.50. The van der Waals surface area contributed by atoms with Crippen molar-refractivity contribution in [1.82, 2.24) is 19.7 Å². The number of nitrogens with zero attached hydrogens (tertiary/aromatic N) is 4. The van der Waals surface area contributed by atoms with Crippen LogP contribution in [0.3, 0.4) is 0 Å². The minimum Gasteiger partial charge on any atom is -0.495 e. The number of methoxy groups -OCH3 is 1. The van der Waals surface area contributed by atoms with Gasteiger partial charge in [-0.1, -0.05) is 47.1 Å². The van der Waals surface area contributed by atoms with Crippen LogP contribution in [-0.4, -0.2) is 32.8 Å². The number of nitrogens with one attached hydrogen (secondary N) is 2. The number of aryl methyl sites for hydroxylation is 2. The van der Waals surface area contributed by atoms with E-state index in [1.54, 1.807) is 13.4 Å². The second kappa shape index (κ2) is 10.4. The van der Waals surface area contributed by atoms with Gasteiger partial charge in [-0.15, -0.1) is 0 Å². The van der Waals surface area contributed by atoms with Gasteiger partial charge >= 0.3 is 6.03 Å². The summed E-state index contributed by atoms with van der Waals surface area (Å²) >= 11 is 0. The van der Waals surface area contributed by atoms with Crippen LogP contribution in [0.15, 0.2) is 83.8 Å². The monoisotopic (exact) mass is 494 g/mol. The van der Waals surface area contributed by atoms with Crippen molar-refractivity contribution in [2.45, 2.75) is 20.4 Å². The Morgan fingerprint density at radius 2 is 1.81 bits per heavy atom. The zero-order valence-corrected chi connectivity index (χ0v) is 20.7. The van der Waals surface area contributed by atoms with Gasteiger partial charge in [-0.05, 0) is 55.3 Å². The average molecular weight is 495 g/mol. The normalized spacial score (nSPS) is 10.8. The molecule has 0 radical (unpaired) electrons. The van der Waals surface area contributed by atoms with Crippen LogP contribution < -0.4 is 15.4 Å². The molecule has 3 aromatic carbocycles. The Morgan fingerprint density at radius 1 is 1.00 bits per heavy atom. The van der Waals surface area contributed by atoms with Gasteiger partial charge in [-0.25, -0.2) is 9.78 Å². The maximum absolute atomic E-state index is 12.5. The third-order valence-electron chi connectivity index (χ3n) is 5.73.